The first kappa shape index (κ1) is 32.5. The zero-order valence-corrected chi connectivity index (χ0v) is 26.7. The highest BCUT2D eigenvalue weighted by Crippen LogP contribution is 2.30. The summed E-state index contributed by atoms with van der Waals surface area (Å²) in [5.41, 5.74) is 2.93. The number of benzene rings is 1. The number of cyclic esters (lactones) is 1. The first-order valence-corrected chi connectivity index (χ1v) is 15.5. The van der Waals surface area contributed by atoms with Gasteiger partial charge in [-0.3, -0.25) is 24.4 Å². The molecule has 5 bridgehead atoms. The summed E-state index contributed by atoms with van der Waals surface area (Å²) in [7, 11) is 0. The Labute approximate surface area is 263 Å². The molecule has 1 aromatic heterocycles. The van der Waals surface area contributed by atoms with E-state index < -0.39 is 59.1 Å². The van der Waals surface area contributed by atoms with Crippen molar-refractivity contribution >= 4 is 40.7 Å². The Bertz CT molecular complexity index is 1500. The van der Waals surface area contributed by atoms with Crippen LogP contribution in [0.2, 0.25) is 0 Å². The minimum Gasteiger partial charge on any atom is -0.450 e. The molecule has 3 N–H and O–H groups in total. The van der Waals surface area contributed by atoms with Gasteiger partial charge in [-0.2, -0.15) is 0 Å². The standard InChI is InChI=1S/C33H43N5O7/c1-19(2)27-29(40)35-21(4)30(41)38-15-7-8-25(37-38)28(39)34-20(3)24-12-11-23-10-9-22(16-26(23)36-24)13-14-33(31(42)45-27)18-43-32(5,6)17-44-33/h9-14,16,19-21,25,27,37H,7-8,15,17-18H2,1-6H3,(H,34,39)(H,35,40)/t20-,21+,25+,27+,33?/m1/s1. The van der Waals surface area contributed by atoms with E-state index in [0.717, 1.165) is 10.9 Å². The molecule has 5 rings (SSSR count). The van der Waals surface area contributed by atoms with Crippen molar-refractivity contribution in [3.63, 3.8) is 0 Å². The number of esters is 1. The molecule has 2 fully saturated rings. The zero-order valence-electron chi connectivity index (χ0n) is 26.7. The van der Waals surface area contributed by atoms with Gasteiger partial charge in [0.2, 0.25) is 11.5 Å². The quantitative estimate of drug-likeness (QED) is 0.409. The number of hydrogen-bond donors (Lipinski definition) is 3. The number of nitrogens with one attached hydrogen (secondary N) is 3. The highest BCUT2D eigenvalue weighted by Gasteiger charge is 2.47. The van der Waals surface area contributed by atoms with Crippen LogP contribution in [0.15, 0.2) is 36.4 Å². The molecule has 0 saturated carbocycles. The largest absolute Gasteiger partial charge is 0.450 e. The monoisotopic (exact) mass is 621 g/mol. The Morgan fingerprint density at radius 2 is 1.69 bits per heavy atom. The lowest BCUT2D eigenvalue weighted by Crippen LogP contribution is -2.61. The Morgan fingerprint density at radius 1 is 0.956 bits per heavy atom. The summed E-state index contributed by atoms with van der Waals surface area (Å²) in [6.45, 7) is 11.0. The fourth-order valence-electron chi connectivity index (χ4n) is 5.52. The maximum absolute atomic E-state index is 13.8. The van der Waals surface area contributed by atoms with Crippen LogP contribution < -0.4 is 16.1 Å². The fourth-order valence-corrected chi connectivity index (χ4v) is 5.52. The summed E-state index contributed by atoms with van der Waals surface area (Å²) in [6.07, 6.45) is 3.28. The first-order valence-electron chi connectivity index (χ1n) is 15.5. The van der Waals surface area contributed by atoms with Crippen LogP contribution in [0.1, 0.15) is 71.7 Å². The third-order valence-electron chi connectivity index (χ3n) is 8.38. The van der Waals surface area contributed by atoms with Crippen molar-refractivity contribution in [1.82, 2.24) is 26.1 Å². The average Bonchev–Trinajstić information content (AvgIpc) is 3.01. The van der Waals surface area contributed by atoms with Gasteiger partial charge in [-0.1, -0.05) is 38.1 Å². The zero-order chi connectivity index (χ0) is 32.5. The molecule has 12 nitrogen and oxygen atoms in total. The molecule has 4 heterocycles. The van der Waals surface area contributed by atoms with Crippen LogP contribution in [0, 0.1) is 5.92 Å². The number of nitrogens with zero attached hydrogens (tertiary/aromatic N) is 2. The van der Waals surface area contributed by atoms with Gasteiger partial charge in [-0.15, -0.1) is 0 Å². The lowest BCUT2D eigenvalue weighted by molar-refractivity contribution is -0.224. The Hall–Kier alpha value is -3.87. The normalized spacial score (nSPS) is 29.9. The van der Waals surface area contributed by atoms with E-state index in [1.165, 1.54) is 5.01 Å². The Morgan fingerprint density at radius 3 is 2.40 bits per heavy atom. The molecule has 0 radical (unpaired) electrons. The van der Waals surface area contributed by atoms with Crippen molar-refractivity contribution in [3.05, 3.63) is 47.7 Å². The highest BCUT2D eigenvalue weighted by atomic mass is 16.6. The third-order valence-corrected chi connectivity index (χ3v) is 8.38. The smallest absolute Gasteiger partial charge is 0.345 e. The van der Waals surface area contributed by atoms with E-state index in [1.807, 2.05) is 51.1 Å². The number of carbonyl (C=O) groups is 4. The van der Waals surface area contributed by atoms with Gasteiger partial charge in [0.15, 0.2) is 6.10 Å². The van der Waals surface area contributed by atoms with E-state index in [1.54, 1.807) is 32.9 Å². The lowest BCUT2D eigenvalue weighted by Gasteiger charge is -2.41. The molecule has 1 aromatic carbocycles. The van der Waals surface area contributed by atoms with Gasteiger partial charge >= 0.3 is 5.97 Å². The molecular formula is C33H43N5O7. The second kappa shape index (κ2) is 12.9. The second-order valence-corrected chi connectivity index (χ2v) is 13.1. The summed E-state index contributed by atoms with van der Waals surface area (Å²) in [5, 5.41) is 7.99. The van der Waals surface area contributed by atoms with Crippen LogP contribution in [0.5, 0.6) is 0 Å². The second-order valence-electron chi connectivity index (χ2n) is 13.1. The molecule has 12 heteroatoms. The molecule has 0 aliphatic carbocycles. The number of carbonyl (C=O) groups excluding carboxylic acids is 4. The van der Waals surface area contributed by atoms with Crippen molar-refractivity contribution in [2.24, 2.45) is 5.92 Å². The van der Waals surface area contributed by atoms with Crippen LogP contribution in [0.4, 0.5) is 0 Å². The van der Waals surface area contributed by atoms with Crippen LogP contribution in [0.25, 0.3) is 17.0 Å². The number of hydrogen-bond acceptors (Lipinski definition) is 9. The number of ether oxygens (including phenoxy) is 3. The van der Waals surface area contributed by atoms with Crippen LogP contribution in [-0.4, -0.2) is 82.8 Å². The fraction of sp³-hybridized carbons (Fsp3) is 0.545. The molecule has 242 valence electrons. The molecule has 2 aromatic rings. The maximum Gasteiger partial charge on any atom is 0.345 e. The number of pyridine rings is 1. The Balaban J connectivity index is 1.54. The van der Waals surface area contributed by atoms with E-state index in [0.29, 0.717) is 30.6 Å². The van der Waals surface area contributed by atoms with Crippen LogP contribution >= 0.6 is 0 Å². The van der Waals surface area contributed by atoms with Gasteiger partial charge in [0.05, 0.1) is 36.1 Å². The van der Waals surface area contributed by atoms with Crippen molar-refractivity contribution in [3.8, 4) is 0 Å². The van der Waals surface area contributed by atoms with E-state index in [-0.39, 0.29) is 19.1 Å². The minimum atomic E-state index is -1.61. The van der Waals surface area contributed by atoms with Gasteiger partial charge in [0, 0.05) is 11.9 Å². The number of amides is 3. The van der Waals surface area contributed by atoms with Gasteiger partial charge in [-0.05, 0) is 70.2 Å². The highest BCUT2D eigenvalue weighted by molar-refractivity contribution is 5.92. The molecule has 1 spiro atoms. The SMILES string of the molecule is CC(C)[C@@H]1OC(=O)C2(C=Cc3ccc4ccc(nc4c3)[C@@H](C)NC(=O)[C@@H]3CCCN(N3)C(=O)[C@H](C)NC1=O)COC(C)(C)CO2. The molecule has 1 unspecified atom stereocenters. The maximum atomic E-state index is 13.8. The lowest BCUT2D eigenvalue weighted by atomic mass is 9.98. The summed E-state index contributed by atoms with van der Waals surface area (Å²) in [5.74, 6) is -2.46. The summed E-state index contributed by atoms with van der Waals surface area (Å²) >= 11 is 0. The molecule has 45 heavy (non-hydrogen) atoms. The molecular weight excluding hydrogens is 578 g/mol. The predicted molar refractivity (Wildman–Crippen MR) is 166 cm³/mol. The molecule has 3 aliphatic rings. The van der Waals surface area contributed by atoms with Crippen molar-refractivity contribution in [1.29, 1.82) is 0 Å². The van der Waals surface area contributed by atoms with Crippen molar-refractivity contribution in [2.45, 2.75) is 89.8 Å². The number of aromatic nitrogens is 1. The summed E-state index contributed by atoms with van der Waals surface area (Å²) < 4.78 is 18.0. The molecule has 3 amide bonds. The summed E-state index contributed by atoms with van der Waals surface area (Å²) in [4.78, 5) is 58.7. The van der Waals surface area contributed by atoms with Crippen molar-refractivity contribution in [2.75, 3.05) is 19.8 Å². The van der Waals surface area contributed by atoms with E-state index in [9.17, 15) is 19.2 Å². The average molecular weight is 622 g/mol. The number of hydrazine groups is 1. The van der Waals surface area contributed by atoms with E-state index >= 15 is 0 Å². The van der Waals surface area contributed by atoms with E-state index in [4.69, 9.17) is 19.2 Å². The van der Waals surface area contributed by atoms with Gasteiger partial charge < -0.3 is 24.8 Å². The first-order chi connectivity index (χ1) is 21.3. The summed E-state index contributed by atoms with van der Waals surface area (Å²) in [6, 6.07) is 7.54. The number of rotatable bonds is 1. The van der Waals surface area contributed by atoms with Crippen LogP contribution in [0.3, 0.4) is 0 Å². The topological polar surface area (TPSA) is 148 Å². The van der Waals surface area contributed by atoms with E-state index in [2.05, 4.69) is 16.1 Å². The Kier molecular flexibility index (Phi) is 9.29. The molecule has 5 atom stereocenters. The molecule has 3 aliphatic heterocycles. The molecule has 2 saturated heterocycles. The van der Waals surface area contributed by atoms with Gasteiger partial charge in [-0.25, -0.2) is 10.2 Å². The van der Waals surface area contributed by atoms with Crippen LogP contribution in [-0.2, 0) is 33.4 Å². The minimum absolute atomic E-state index is 0.118. The third kappa shape index (κ3) is 7.18. The van der Waals surface area contributed by atoms with Crippen molar-refractivity contribution < 1.29 is 33.4 Å². The van der Waals surface area contributed by atoms with Gasteiger partial charge in [0.1, 0.15) is 12.1 Å². The number of fused-ring (bicyclic) bond motifs is 4. The van der Waals surface area contributed by atoms with Gasteiger partial charge in [0.25, 0.3) is 11.8 Å². The predicted octanol–water partition coefficient (Wildman–Crippen LogP) is 2.57.